The summed E-state index contributed by atoms with van der Waals surface area (Å²) in [5, 5.41) is 0.747. The van der Waals surface area contributed by atoms with Crippen LogP contribution in [0.1, 0.15) is 156 Å². The van der Waals surface area contributed by atoms with E-state index in [9.17, 15) is 0 Å². The standard InChI is InChI=1S/C25H26N2O.C24H24N2O.C23H21ClN2.C23H21IN2.C23H22N2/c1-4-28-23-16-14-22(15-17-23)27-19(3)24(20-12-10-18(2)11-13-20)26-25(27)21-8-6-5-7-9-21;1-17-9-11-19(12-10-17)23-18(2)26(21-13-15-22(27-3)16-14-21)24(25-23)20-7-5-4-6-8-20;2*1-16-8-10-18(11-9-16)22-17(2)26(21-14-12-20(24)13-15-21)23(25-22)19-6-4-3-5-7-19;1-17-13-15-19(16-14-17)22-18(2)25(21-11-7-4-8-12-21)23(24-22)20-9-5-3-6-10-20/h5-17,19,25H,4H2,1-3H3;4-16,18,24H,1-3H3;2*3-15,17,23H,1-2H3;3-16,18,23H,1-2H3. The molecule has 0 saturated heterocycles. The zero-order valence-electron chi connectivity index (χ0n) is 77.1. The Morgan fingerprint density at radius 2 is 0.447 bits per heavy atom. The molecular formula is C118H114ClIN10O2. The predicted molar refractivity (Wildman–Crippen MR) is 562 cm³/mol. The van der Waals surface area contributed by atoms with E-state index in [1.54, 1.807) is 7.11 Å². The number of halogens is 2. The van der Waals surface area contributed by atoms with E-state index in [1.165, 1.54) is 98.4 Å². The van der Waals surface area contributed by atoms with Gasteiger partial charge in [-0.25, -0.2) is 0 Å². The molecule has 10 atom stereocenters. The number of hydrogen-bond acceptors (Lipinski definition) is 12. The third-order valence-corrected chi connectivity index (χ3v) is 26.0. The zero-order valence-corrected chi connectivity index (χ0v) is 80.0. The van der Waals surface area contributed by atoms with Crippen molar-refractivity contribution >= 4 is 91.2 Å². The molecule has 132 heavy (non-hydrogen) atoms. The molecule has 15 aromatic carbocycles. The van der Waals surface area contributed by atoms with Gasteiger partial charge in [0.15, 0.2) is 0 Å². The van der Waals surface area contributed by atoms with E-state index in [0.29, 0.717) is 6.61 Å². The average Bonchev–Trinajstić information content (AvgIpc) is 1.64. The van der Waals surface area contributed by atoms with Crippen LogP contribution in [0.5, 0.6) is 11.5 Å². The fourth-order valence-electron chi connectivity index (χ4n) is 18.0. The molecule has 0 amide bonds. The van der Waals surface area contributed by atoms with Gasteiger partial charge in [-0.05, 0) is 264 Å². The average molecular weight is 1870 g/mol. The van der Waals surface area contributed by atoms with E-state index in [1.807, 2.05) is 61.5 Å². The summed E-state index contributed by atoms with van der Waals surface area (Å²) in [7, 11) is 1.69. The highest BCUT2D eigenvalue weighted by Crippen LogP contribution is 2.44. The highest BCUT2D eigenvalue weighted by atomic mass is 127. The highest BCUT2D eigenvalue weighted by Gasteiger charge is 2.41. The molecule has 20 rings (SSSR count). The van der Waals surface area contributed by atoms with Gasteiger partial charge in [-0.15, -0.1) is 0 Å². The molecule has 14 heteroatoms. The minimum Gasteiger partial charge on any atom is -0.497 e. The molecule has 5 aliphatic heterocycles. The minimum atomic E-state index is -0.0383. The van der Waals surface area contributed by atoms with E-state index >= 15 is 0 Å². The van der Waals surface area contributed by atoms with Gasteiger partial charge in [0, 0.05) is 37.0 Å². The Bertz CT molecular complexity index is 6260. The van der Waals surface area contributed by atoms with E-state index in [0.717, 1.165) is 62.1 Å². The number of ether oxygens (including phenoxy) is 2. The van der Waals surface area contributed by atoms with Crippen LogP contribution in [-0.4, -0.2) is 72.5 Å². The monoisotopic (exact) mass is 1860 g/mol. The number of hydrogen-bond donors (Lipinski definition) is 0. The van der Waals surface area contributed by atoms with Gasteiger partial charge in [0.1, 0.15) is 42.3 Å². The first-order valence-corrected chi connectivity index (χ1v) is 47.1. The lowest BCUT2D eigenvalue weighted by atomic mass is 10.0. The topological polar surface area (TPSA) is 96.5 Å². The Morgan fingerprint density at radius 3 is 0.667 bits per heavy atom. The largest absolute Gasteiger partial charge is 0.497 e. The molecule has 0 fully saturated rings. The molecule has 0 saturated carbocycles. The van der Waals surface area contributed by atoms with E-state index in [-0.39, 0.29) is 61.0 Å². The lowest BCUT2D eigenvalue weighted by Crippen LogP contribution is -2.35. The SMILES string of the molecule is CCOc1ccc(N2C(C)C(c3ccc(C)cc3)=NC2c2ccccc2)cc1.COc1ccc(N2C(C)C(c3ccc(C)cc3)=NC2c2ccccc2)cc1.Cc1ccc(C2=NC(c3ccccc3)N(c3ccc(Cl)cc3)C2C)cc1.Cc1ccc(C2=NC(c3ccccc3)N(c3ccc(I)cc3)C2C)cc1.Cc1ccc(C2=NC(c3ccccc3)N(c3ccccc3)C2C)cc1. The summed E-state index contributed by atoms with van der Waals surface area (Å²) >= 11 is 8.45. The van der Waals surface area contributed by atoms with Crippen molar-refractivity contribution in [2.45, 2.75) is 137 Å². The maximum Gasteiger partial charge on any atom is 0.148 e. The van der Waals surface area contributed by atoms with Gasteiger partial charge in [0.2, 0.25) is 0 Å². The second-order valence-corrected chi connectivity index (χ2v) is 35.8. The van der Waals surface area contributed by atoms with Gasteiger partial charge in [0.05, 0.1) is 72.5 Å². The normalized spacial score (nSPS) is 19.3. The highest BCUT2D eigenvalue weighted by molar-refractivity contribution is 14.1. The van der Waals surface area contributed by atoms with Crippen molar-refractivity contribution in [3.63, 3.8) is 0 Å². The van der Waals surface area contributed by atoms with Crippen molar-refractivity contribution in [3.8, 4) is 11.5 Å². The Kier molecular flexibility index (Phi) is 29.8. The molecule has 0 aliphatic carbocycles. The molecule has 5 aliphatic rings. The number of methoxy groups -OCH3 is 1. The molecule has 15 aromatic rings. The first-order valence-electron chi connectivity index (χ1n) is 45.7. The summed E-state index contributed by atoms with van der Waals surface area (Å²) < 4.78 is 12.2. The summed E-state index contributed by atoms with van der Waals surface area (Å²) in [6.45, 7) is 24.4. The van der Waals surface area contributed by atoms with E-state index < -0.39 is 0 Å². The van der Waals surface area contributed by atoms with Crippen LogP contribution in [0.25, 0.3) is 0 Å². The molecule has 5 heterocycles. The van der Waals surface area contributed by atoms with Crippen molar-refractivity contribution in [2.75, 3.05) is 38.2 Å². The van der Waals surface area contributed by atoms with Crippen molar-refractivity contribution in [1.82, 2.24) is 0 Å². The Balaban J connectivity index is 0.000000120. The summed E-state index contributed by atoms with van der Waals surface area (Å²) in [5.74, 6) is 1.76. The number of nitrogens with zero attached hydrogens (tertiary/aromatic N) is 10. The quantitative estimate of drug-likeness (QED) is 0.0790. The van der Waals surface area contributed by atoms with Crippen LogP contribution < -0.4 is 34.0 Å². The van der Waals surface area contributed by atoms with Crippen LogP contribution >= 0.6 is 34.2 Å². The molecule has 0 spiro atoms. The number of rotatable bonds is 18. The van der Waals surface area contributed by atoms with Crippen LogP contribution in [0.2, 0.25) is 5.02 Å². The fourth-order valence-corrected chi connectivity index (χ4v) is 18.5. The van der Waals surface area contributed by atoms with Gasteiger partial charge in [0.25, 0.3) is 0 Å². The third kappa shape index (κ3) is 21.3. The van der Waals surface area contributed by atoms with E-state index in [4.69, 9.17) is 46.0 Å². The second-order valence-electron chi connectivity index (χ2n) is 34.2. The summed E-state index contributed by atoms with van der Waals surface area (Å²) in [6.07, 6.45) is -0.0995. The van der Waals surface area contributed by atoms with E-state index in [2.05, 4.69) is 462 Å². The number of para-hydroxylation sites is 1. The van der Waals surface area contributed by atoms with Crippen LogP contribution in [0, 0.1) is 38.2 Å². The summed E-state index contributed by atoms with van der Waals surface area (Å²) in [6, 6.07) is 141. The van der Waals surface area contributed by atoms with Gasteiger partial charge < -0.3 is 34.0 Å². The molecule has 662 valence electrons. The first-order chi connectivity index (χ1) is 64.3. The van der Waals surface area contributed by atoms with Gasteiger partial charge in [-0.3, -0.25) is 25.0 Å². The molecule has 10 unspecified atom stereocenters. The van der Waals surface area contributed by atoms with Crippen LogP contribution in [0.4, 0.5) is 28.4 Å². The predicted octanol–water partition coefficient (Wildman–Crippen LogP) is 28.6. The van der Waals surface area contributed by atoms with Crippen molar-refractivity contribution in [2.24, 2.45) is 25.0 Å². The Morgan fingerprint density at radius 1 is 0.250 bits per heavy atom. The lowest BCUT2D eigenvalue weighted by molar-refractivity contribution is 0.340. The molecular weight excluding hydrogens is 1750 g/mol. The third-order valence-electron chi connectivity index (χ3n) is 25.0. The minimum absolute atomic E-state index is 0.00237. The molecule has 0 radical (unpaired) electrons. The molecule has 0 aromatic heterocycles. The lowest BCUT2D eigenvalue weighted by Gasteiger charge is -2.30. The molecule has 0 N–H and O–H groups in total. The number of anilines is 5. The van der Waals surface area contributed by atoms with Crippen molar-refractivity contribution in [1.29, 1.82) is 0 Å². The molecule has 12 nitrogen and oxygen atoms in total. The fraction of sp³-hybridized carbons (Fsp3) is 0.195. The molecule has 0 bridgehead atoms. The van der Waals surface area contributed by atoms with Crippen molar-refractivity contribution < 1.29 is 9.47 Å². The van der Waals surface area contributed by atoms with Crippen LogP contribution in [0.3, 0.4) is 0 Å². The van der Waals surface area contributed by atoms with Gasteiger partial charge in [-0.1, -0.05) is 331 Å². The maximum atomic E-state index is 6.10. The van der Waals surface area contributed by atoms with Crippen LogP contribution in [0.15, 0.2) is 425 Å². The van der Waals surface area contributed by atoms with Gasteiger partial charge in [-0.2, -0.15) is 0 Å². The Hall–Kier alpha value is -13.7. The first kappa shape index (κ1) is 91.6. The Labute approximate surface area is 799 Å². The maximum absolute atomic E-state index is 6.10. The van der Waals surface area contributed by atoms with Crippen LogP contribution in [-0.2, 0) is 0 Å². The van der Waals surface area contributed by atoms with Crippen molar-refractivity contribution in [3.05, 3.63) is 492 Å². The number of aliphatic imine (C=N–C) groups is 5. The summed E-state index contributed by atoms with van der Waals surface area (Å²) in [5.41, 5.74) is 29.8. The summed E-state index contributed by atoms with van der Waals surface area (Å²) in [4.78, 5) is 37.7. The number of benzene rings is 15. The number of aryl methyl sites for hydroxylation is 5. The second kappa shape index (κ2) is 42.9. The zero-order chi connectivity index (χ0) is 91.7. The smallest absolute Gasteiger partial charge is 0.148 e. The van der Waals surface area contributed by atoms with Gasteiger partial charge >= 0.3 is 0 Å².